The first-order valence-electron chi connectivity index (χ1n) is 11.1. The van der Waals surface area contributed by atoms with Crippen molar-refractivity contribution in [2.45, 2.75) is 51.2 Å². The number of hydrogen-bond donors (Lipinski definition) is 1. The van der Waals surface area contributed by atoms with Crippen LogP contribution in [0.25, 0.3) is 0 Å². The van der Waals surface area contributed by atoms with E-state index in [1.807, 2.05) is 24.3 Å². The van der Waals surface area contributed by atoms with Crippen molar-refractivity contribution in [1.29, 1.82) is 0 Å². The fourth-order valence-corrected chi connectivity index (χ4v) is 5.30. The minimum atomic E-state index is -3.79. The van der Waals surface area contributed by atoms with Gasteiger partial charge in [-0.15, -0.1) is 0 Å². The summed E-state index contributed by atoms with van der Waals surface area (Å²) < 4.78 is 27.0. The SMILES string of the molecule is C[C@H](C(=O)NC1CCCC1)N(Cc1ccc(Br)cc1)C(=O)CN(c1cccc(Cl)c1)S(C)(=O)=O. The van der Waals surface area contributed by atoms with Crippen LogP contribution in [-0.4, -0.2) is 50.0 Å². The summed E-state index contributed by atoms with van der Waals surface area (Å²) in [6, 6.07) is 13.1. The maximum Gasteiger partial charge on any atom is 0.244 e. The van der Waals surface area contributed by atoms with Crippen molar-refractivity contribution in [1.82, 2.24) is 10.2 Å². The van der Waals surface area contributed by atoms with Crippen molar-refractivity contribution >= 4 is 55.1 Å². The van der Waals surface area contributed by atoms with E-state index in [9.17, 15) is 18.0 Å². The fraction of sp³-hybridized carbons (Fsp3) is 0.417. The molecule has 2 aromatic rings. The van der Waals surface area contributed by atoms with Crippen LogP contribution in [0.3, 0.4) is 0 Å². The Morgan fingerprint density at radius 2 is 1.79 bits per heavy atom. The summed E-state index contributed by atoms with van der Waals surface area (Å²) in [5.74, 6) is -0.728. The molecule has 0 radical (unpaired) electrons. The van der Waals surface area contributed by atoms with Crippen LogP contribution in [0.1, 0.15) is 38.2 Å². The maximum absolute atomic E-state index is 13.5. The van der Waals surface area contributed by atoms with E-state index in [4.69, 9.17) is 11.6 Å². The molecule has 2 aromatic carbocycles. The minimum absolute atomic E-state index is 0.110. The normalized spacial score (nSPS) is 15.1. The van der Waals surface area contributed by atoms with Gasteiger partial charge in [0.1, 0.15) is 12.6 Å². The summed E-state index contributed by atoms with van der Waals surface area (Å²) in [4.78, 5) is 28.0. The Morgan fingerprint density at radius 1 is 1.15 bits per heavy atom. The molecule has 0 aromatic heterocycles. The Bertz CT molecular complexity index is 1120. The van der Waals surface area contributed by atoms with Gasteiger partial charge in [0, 0.05) is 22.1 Å². The van der Waals surface area contributed by atoms with E-state index in [1.165, 1.54) is 11.0 Å². The molecular formula is C24H29BrClN3O4S. The third-order valence-corrected chi connectivity index (χ3v) is 7.81. The van der Waals surface area contributed by atoms with Crippen molar-refractivity contribution in [3.8, 4) is 0 Å². The van der Waals surface area contributed by atoms with Crippen LogP contribution >= 0.6 is 27.5 Å². The number of benzene rings is 2. The number of carbonyl (C=O) groups excluding carboxylic acids is 2. The van der Waals surface area contributed by atoms with Gasteiger partial charge in [0.05, 0.1) is 11.9 Å². The molecule has 0 unspecified atom stereocenters. The lowest BCUT2D eigenvalue weighted by Gasteiger charge is -2.32. The van der Waals surface area contributed by atoms with Crippen LogP contribution in [0.4, 0.5) is 5.69 Å². The fourth-order valence-electron chi connectivity index (χ4n) is 4.01. The molecule has 0 spiro atoms. The average Bonchev–Trinajstić information content (AvgIpc) is 3.28. The lowest BCUT2D eigenvalue weighted by Crippen LogP contribution is -2.52. The van der Waals surface area contributed by atoms with Crippen molar-refractivity contribution in [2.75, 3.05) is 17.1 Å². The van der Waals surface area contributed by atoms with Gasteiger partial charge >= 0.3 is 0 Å². The molecule has 7 nitrogen and oxygen atoms in total. The van der Waals surface area contributed by atoms with E-state index in [2.05, 4.69) is 21.2 Å². The number of anilines is 1. The second-order valence-corrected chi connectivity index (χ2v) is 11.8. The van der Waals surface area contributed by atoms with Crippen LogP contribution in [-0.2, 0) is 26.2 Å². The zero-order valence-electron chi connectivity index (χ0n) is 19.2. The van der Waals surface area contributed by atoms with E-state index in [0.29, 0.717) is 5.02 Å². The molecular weight excluding hydrogens is 542 g/mol. The third-order valence-electron chi connectivity index (χ3n) is 5.91. The van der Waals surface area contributed by atoms with Crippen LogP contribution in [0, 0.1) is 0 Å². The molecule has 184 valence electrons. The van der Waals surface area contributed by atoms with Gasteiger partial charge in [0.2, 0.25) is 21.8 Å². The van der Waals surface area contributed by atoms with Gasteiger partial charge in [0.15, 0.2) is 0 Å². The first-order chi connectivity index (χ1) is 16.0. The van der Waals surface area contributed by atoms with Gasteiger partial charge in [0.25, 0.3) is 0 Å². The average molecular weight is 571 g/mol. The molecule has 1 atom stereocenters. The zero-order valence-corrected chi connectivity index (χ0v) is 22.4. The van der Waals surface area contributed by atoms with E-state index in [1.54, 1.807) is 25.1 Å². The molecule has 0 aliphatic heterocycles. The van der Waals surface area contributed by atoms with E-state index in [0.717, 1.165) is 46.3 Å². The highest BCUT2D eigenvalue weighted by atomic mass is 79.9. The molecule has 2 amide bonds. The summed E-state index contributed by atoms with van der Waals surface area (Å²) in [6.07, 6.45) is 5.04. The maximum atomic E-state index is 13.5. The zero-order chi connectivity index (χ0) is 24.9. The highest BCUT2D eigenvalue weighted by Gasteiger charge is 2.31. The Kier molecular flexibility index (Phi) is 9.01. The van der Waals surface area contributed by atoms with Gasteiger partial charge in [-0.2, -0.15) is 0 Å². The second-order valence-electron chi connectivity index (χ2n) is 8.56. The van der Waals surface area contributed by atoms with E-state index in [-0.39, 0.29) is 24.2 Å². The molecule has 1 aliphatic carbocycles. The molecule has 10 heteroatoms. The first-order valence-corrected chi connectivity index (χ1v) is 14.1. The summed E-state index contributed by atoms with van der Waals surface area (Å²) in [5.41, 5.74) is 1.11. The van der Waals surface area contributed by atoms with Gasteiger partial charge < -0.3 is 10.2 Å². The molecule has 1 aliphatic rings. The molecule has 3 rings (SSSR count). The Labute approximate surface area is 214 Å². The quantitative estimate of drug-likeness (QED) is 0.486. The Hall–Kier alpha value is -2.10. The van der Waals surface area contributed by atoms with E-state index < -0.39 is 28.5 Å². The van der Waals surface area contributed by atoms with Gasteiger partial charge in [-0.1, -0.05) is 58.6 Å². The molecule has 0 saturated heterocycles. The predicted octanol–water partition coefficient (Wildman–Crippen LogP) is 4.34. The van der Waals surface area contributed by atoms with Crippen LogP contribution < -0.4 is 9.62 Å². The van der Waals surface area contributed by atoms with Crippen molar-refractivity contribution < 1.29 is 18.0 Å². The molecule has 0 bridgehead atoms. The van der Waals surface area contributed by atoms with Gasteiger partial charge in [-0.05, 0) is 55.7 Å². The number of nitrogens with zero attached hydrogens (tertiary/aromatic N) is 2. The van der Waals surface area contributed by atoms with Crippen molar-refractivity contribution in [3.63, 3.8) is 0 Å². The third kappa shape index (κ3) is 7.20. The predicted molar refractivity (Wildman–Crippen MR) is 138 cm³/mol. The van der Waals surface area contributed by atoms with Crippen molar-refractivity contribution in [2.24, 2.45) is 0 Å². The lowest BCUT2D eigenvalue weighted by molar-refractivity contribution is -0.139. The highest BCUT2D eigenvalue weighted by Crippen LogP contribution is 2.23. The summed E-state index contributed by atoms with van der Waals surface area (Å²) >= 11 is 9.46. The number of nitrogens with one attached hydrogen (secondary N) is 1. The summed E-state index contributed by atoms with van der Waals surface area (Å²) in [5, 5.41) is 3.40. The number of sulfonamides is 1. The second kappa shape index (κ2) is 11.6. The summed E-state index contributed by atoms with van der Waals surface area (Å²) in [6.45, 7) is 1.39. The van der Waals surface area contributed by atoms with Crippen LogP contribution in [0.15, 0.2) is 53.0 Å². The molecule has 1 saturated carbocycles. The molecule has 34 heavy (non-hydrogen) atoms. The molecule has 0 heterocycles. The number of carbonyl (C=O) groups is 2. The lowest BCUT2D eigenvalue weighted by atomic mass is 10.1. The minimum Gasteiger partial charge on any atom is -0.352 e. The summed E-state index contributed by atoms with van der Waals surface area (Å²) in [7, 11) is -3.79. The van der Waals surface area contributed by atoms with Crippen LogP contribution in [0.5, 0.6) is 0 Å². The molecule has 1 N–H and O–H groups in total. The standard InChI is InChI=1S/C24H29BrClN3O4S/c1-17(24(31)27-21-7-3-4-8-21)28(15-18-10-12-19(25)13-11-18)23(30)16-29(34(2,32)33)22-9-5-6-20(26)14-22/h5-6,9-14,17,21H,3-4,7-8,15-16H2,1-2H3,(H,27,31)/t17-/m1/s1. The first kappa shape index (κ1) is 26.5. The monoisotopic (exact) mass is 569 g/mol. The van der Waals surface area contributed by atoms with Gasteiger partial charge in [-0.25, -0.2) is 8.42 Å². The van der Waals surface area contributed by atoms with Crippen LogP contribution in [0.2, 0.25) is 5.02 Å². The topological polar surface area (TPSA) is 86.8 Å². The Morgan fingerprint density at radius 3 is 2.38 bits per heavy atom. The van der Waals surface area contributed by atoms with E-state index >= 15 is 0 Å². The number of rotatable bonds is 9. The highest BCUT2D eigenvalue weighted by molar-refractivity contribution is 9.10. The Balaban J connectivity index is 1.87. The number of hydrogen-bond acceptors (Lipinski definition) is 4. The molecule has 1 fully saturated rings. The largest absolute Gasteiger partial charge is 0.352 e. The van der Waals surface area contributed by atoms with Crippen molar-refractivity contribution in [3.05, 3.63) is 63.6 Å². The smallest absolute Gasteiger partial charge is 0.244 e. The number of halogens is 2. The van der Waals surface area contributed by atoms with Gasteiger partial charge in [-0.3, -0.25) is 13.9 Å². The number of amides is 2.